The third-order valence-corrected chi connectivity index (χ3v) is 5.17. The molecule has 3 aromatic rings. The second-order valence-corrected chi connectivity index (χ2v) is 7.51. The van der Waals surface area contributed by atoms with Crippen LogP contribution in [-0.2, 0) is 17.8 Å². The standard InChI is InChI=1S/C21H23Cl2N3O/c1-3-8-24-21(27)7-9-26-19-13-17(23)16(22)12-18(19)25-20(26)11-15-6-4-5-14(2)10-15/h4-6,10,12-13H,3,7-9,11H2,1-2H3,(H,24,27). The van der Waals surface area contributed by atoms with E-state index in [-0.39, 0.29) is 5.91 Å². The average Bonchev–Trinajstić information content (AvgIpc) is 2.94. The molecule has 0 unspecified atom stereocenters. The van der Waals surface area contributed by atoms with Crippen LogP contribution in [0.3, 0.4) is 0 Å². The van der Waals surface area contributed by atoms with E-state index in [0.29, 0.717) is 36.0 Å². The predicted octanol–water partition coefficient (Wildman–Crippen LogP) is 5.16. The van der Waals surface area contributed by atoms with Crippen LogP contribution in [0.15, 0.2) is 36.4 Å². The lowest BCUT2D eigenvalue weighted by Gasteiger charge is -2.10. The minimum atomic E-state index is 0.0419. The number of aromatic nitrogens is 2. The molecule has 142 valence electrons. The molecule has 0 saturated heterocycles. The molecule has 0 spiro atoms. The van der Waals surface area contributed by atoms with Crippen LogP contribution in [0, 0.1) is 6.92 Å². The molecule has 0 atom stereocenters. The van der Waals surface area contributed by atoms with Gasteiger partial charge in [-0.15, -0.1) is 0 Å². The molecule has 0 saturated carbocycles. The highest BCUT2D eigenvalue weighted by Crippen LogP contribution is 2.29. The van der Waals surface area contributed by atoms with Crippen LogP contribution in [0.4, 0.5) is 0 Å². The summed E-state index contributed by atoms with van der Waals surface area (Å²) in [5.74, 6) is 0.942. The predicted molar refractivity (Wildman–Crippen MR) is 112 cm³/mol. The van der Waals surface area contributed by atoms with Crippen molar-refractivity contribution in [1.82, 2.24) is 14.9 Å². The fourth-order valence-corrected chi connectivity index (χ4v) is 3.44. The van der Waals surface area contributed by atoms with Gasteiger partial charge >= 0.3 is 0 Å². The number of imidazole rings is 1. The molecule has 27 heavy (non-hydrogen) atoms. The van der Waals surface area contributed by atoms with Gasteiger partial charge in [-0.25, -0.2) is 4.98 Å². The van der Waals surface area contributed by atoms with Gasteiger partial charge in [0.05, 0.1) is 21.1 Å². The third kappa shape index (κ3) is 4.82. The number of carbonyl (C=O) groups excluding carboxylic acids is 1. The largest absolute Gasteiger partial charge is 0.356 e. The van der Waals surface area contributed by atoms with E-state index in [0.717, 1.165) is 23.3 Å². The van der Waals surface area contributed by atoms with E-state index >= 15 is 0 Å². The summed E-state index contributed by atoms with van der Waals surface area (Å²) >= 11 is 12.4. The summed E-state index contributed by atoms with van der Waals surface area (Å²) in [5.41, 5.74) is 4.08. The molecule has 0 fully saturated rings. The number of rotatable bonds is 7. The Kier molecular flexibility index (Phi) is 6.40. The Hall–Kier alpha value is -2.04. The van der Waals surface area contributed by atoms with E-state index in [1.54, 1.807) is 6.07 Å². The summed E-state index contributed by atoms with van der Waals surface area (Å²) in [7, 11) is 0. The molecule has 0 bridgehead atoms. The molecule has 1 amide bonds. The smallest absolute Gasteiger partial charge is 0.221 e. The van der Waals surface area contributed by atoms with Gasteiger partial charge in [0.25, 0.3) is 0 Å². The Morgan fingerprint density at radius 3 is 2.70 bits per heavy atom. The van der Waals surface area contributed by atoms with Gasteiger partial charge in [0.2, 0.25) is 5.91 Å². The van der Waals surface area contributed by atoms with Crippen LogP contribution in [-0.4, -0.2) is 22.0 Å². The number of fused-ring (bicyclic) bond motifs is 1. The molecule has 2 aromatic carbocycles. The molecule has 0 radical (unpaired) electrons. The molecule has 1 aromatic heterocycles. The van der Waals surface area contributed by atoms with Crippen LogP contribution in [0.5, 0.6) is 0 Å². The van der Waals surface area contributed by atoms with Crippen molar-refractivity contribution in [2.75, 3.05) is 6.54 Å². The van der Waals surface area contributed by atoms with Crippen molar-refractivity contribution in [3.05, 3.63) is 63.4 Å². The van der Waals surface area contributed by atoms with E-state index < -0.39 is 0 Å². The van der Waals surface area contributed by atoms with Gasteiger partial charge in [-0.3, -0.25) is 4.79 Å². The summed E-state index contributed by atoms with van der Waals surface area (Å²) in [4.78, 5) is 16.8. The Morgan fingerprint density at radius 2 is 1.96 bits per heavy atom. The first-order chi connectivity index (χ1) is 13.0. The van der Waals surface area contributed by atoms with E-state index in [2.05, 4.69) is 35.0 Å². The van der Waals surface area contributed by atoms with E-state index in [4.69, 9.17) is 28.2 Å². The zero-order chi connectivity index (χ0) is 19.4. The lowest BCUT2D eigenvalue weighted by molar-refractivity contribution is -0.121. The van der Waals surface area contributed by atoms with Gasteiger partial charge in [-0.05, 0) is 31.0 Å². The average molecular weight is 404 g/mol. The van der Waals surface area contributed by atoms with Crippen molar-refractivity contribution in [2.24, 2.45) is 0 Å². The Morgan fingerprint density at radius 1 is 1.19 bits per heavy atom. The summed E-state index contributed by atoms with van der Waals surface area (Å²) < 4.78 is 2.07. The maximum absolute atomic E-state index is 12.1. The Balaban J connectivity index is 1.94. The zero-order valence-electron chi connectivity index (χ0n) is 15.6. The summed E-state index contributed by atoms with van der Waals surface area (Å²) in [6.45, 7) is 5.35. The number of nitrogens with zero attached hydrogens (tertiary/aromatic N) is 2. The van der Waals surface area contributed by atoms with Crippen LogP contribution in [0.1, 0.15) is 36.7 Å². The molecule has 0 aliphatic rings. The van der Waals surface area contributed by atoms with Crippen LogP contribution >= 0.6 is 23.2 Å². The number of halogens is 2. The lowest BCUT2D eigenvalue weighted by atomic mass is 10.1. The van der Waals surface area contributed by atoms with Crippen molar-refractivity contribution < 1.29 is 4.79 Å². The highest BCUT2D eigenvalue weighted by Gasteiger charge is 2.15. The fraction of sp³-hybridized carbons (Fsp3) is 0.333. The Bertz CT molecular complexity index is 965. The van der Waals surface area contributed by atoms with Crippen LogP contribution in [0.2, 0.25) is 10.0 Å². The van der Waals surface area contributed by atoms with Crippen molar-refractivity contribution in [1.29, 1.82) is 0 Å². The van der Waals surface area contributed by atoms with Crippen molar-refractivity contribution in [3.8, 4) is 0 Å². The zero-order valence-corrected chi connectivity index (χ0v) is 17.1. The highest BCUT2D eigenvalue weighted by atomic mass is 35.5. The van der Waals surface area contributed by atoms with Gasteiger partial charge in [0.1, 0.15) is 5.82 Å². The first kappa shape index (κ1) is 19.7. The molecule has 1 heterocycles. The van der Waals surface area contributed by atoms with E-state index in [9.17, 15) is 4.79 Å². The molecule has 0 aliphatic carbocycles. The topological polar surface area (TPSA) is 46.9 Å². The van der Waals surface area contributed by atoms with Gasteiger partial charge in [-0.2, -0.15) is 0 Å². The first-order valence-electron chi connectivity index (χ1n) is 9.14. The molecule has 6 heteroatoms. The number of hydrogen-bond acceptors (Lipinski definition) is 2. The normalized spacial score (nSPS) is 11.1. The maximum Gasteiger partial charge on any atom is 0.221 e. The maximum atomic E-state index is 12.1. The third-order valence-electron chi connectivity index (χ3n) is 4.45. The minimum absolute atomic E-state index is 0.0419. The number of nitrogens with one attached hydrogen (secondary N) is 1. The number of hydrogen-bond donors (Lipinski definition) is 1. The molecule has 3 rings (SSSR count). The second-order valence-electron chi connectivity index (χ2n) is 6.70. The number of carbonyl (C=O) groups is 1. The lowest BCUT2D eigenvalue weighted by Crippen LogP contribution is -2.25. The fourth-order valence-electron chi connectivity index (χ4n) is 3.13. The van der Waals surface area contributed by atoms with Crippen molar-refractivity contribution in [2.45, 2.75) is 39.7 Å². The SMILES string of the molecule is CCCNC(=O)CCn1c(Cc2cccc(C)c2)nc2cc(Cl)c(Cl)cc21. The van der Waals surface area contributed by atoms with Crippen LogP contribution < -0.4 is 5.32 Å². The number of aryl methyl sites for hydroxylation is 2. The Labute approximate surface area is 169 Å². The molecular weight excluding hydrogens is 381 g/mol. The highest BCUT2D eigenvalue weighted by molar-refractivity contribution is 6.42. The van der Waals surface area contributed by atoms with E-state index in [1.165, 1.54) is 11.1 Å². The van der Waals surface area contributed by atoms with Crippen molar-refractivity contribution in [3.63, 3.8) is 0 Å². The number of amides is 1. The first-order valence-corrected chi connectivity index (χ1v) is 9.90. The molecule has 1 N–H and O–H groups in total. The monoisotopic (exact) mass is 403 g/mol. The molecule has 0 aliphatic heterocycles. The quantitative estimate of drug-likeness (QED) is 0.591. The van der Waals surface area contributed by atoms with Gasteiger partial charge in [-0.1, -0.05) is 60.0 Å². The van der Waals surface area contributed by atoms with Gasteiger partial charge < -0.3 is 9.88 Å². The van der Waals surface area contributed by atoms with Crippen molar-refractivity contribution >= 4 is 40.1 Å². The van der Waals surface area contributed by atoms with Gasteiger partial charge in [0.15, 0.2) is 0 Å². The summed E-state index contributed by atoms with van der Waals surface area (Å²) in [6.07, 6.45) is 2.00. The molecule has 4 nitrogen and oxygen atoms in total. The van der Waals surface area contributed by atoms with Gasteiger partial charge in [0, 0.05) is 25.9 Å². The summed E-state index contributed by atoms with van der Waals surface area (Å²) in [6, 6.07) is 12.0. The summed E-state index contributed by atoms with van der Waals surface area (Å²) in [5, 5.41) is 3.89. The second kappa shape index (κ2) is 8.77. The number of benzene rings is 2. The molecular formula is C21H23Cl2N3O. The minimum Gasteiger partial charge on any atom is -0.356 e. The van der Waals surface area contributed by atoms with E-state index in [1.807, 2.05) is 19.1 Å². The van der Waals surface area contributed by atoms with Crippen LogP contribution in [0.25, 0.3) is 11.0 Å².